The summed E-state index contributed by atoms with van der Waals surface area (Å²) in [6.07, 6.45) is 1.46. The molecule has 3 rings (SSSR count). The molecule has 0 radical (unpaired) electrons. The zero-order chi connectivity index (χ0) is 23.5. The second kappa shape index (κ2) is 9.08. The highest BCUT2D eigenvalue weighted by Gasteiger charge is 2.24. The maximum absolute atomic E-state index is 13.6. The predicted molar refractivity (Wildman–Crippen MR) is 124 cm³/mol. The highest BCUT2D eigenvalue weighted by molar-refractivity contribution is 6.33. The van der Waals surface area contributed by atoms with Gasteiger partial charge in [0.1, 0.15) is 5.82 Å². The van der Waals surface area contributed by atoms with Gasteiger partial charge in [-0.25, -0.2) is 4.98 Å². The monoisotopic (exact) mass is 447 g/mol. The van der Waals surface area contributed by atoms with Crippen LogP contribution in [0.15, 0.2) is 60.8 Å². The van der Waals surface area contributed by atoms with E-state index in [1.807, 2.05) is 6.07 Å². The maximum Gasteiger partial charge on any atom is 0.258 e. The molecule has 0 fully saturated rings. The fraction of sp³-hybridized carbons (Fsp3) is 0.167. The molecular weight excluding hydrogens is 426 g/mol. The van der Waals surface area contributed by atoms with E-state index in [2.05, 4.69) is 11.1 Å². The van der Waals surface area contributed by atoms with Crippen LogP contribution in [-0.2, 0) is 12.0 Å². The molecule has 0 unspecified atom stereocenters. The molecule has 8 heteroatoms. The molecule has 2 aromatic carbocycles. The molecule has 3 aromatic rings. The number of amides is 2. The summed E-state index contributed by atoms with van der Waals surface area (Å²) in [4.78, 5) is 30.7. The second-order valence-corrected chi connectivity index (χ2v) is 8.24. The van der Waals surface area contributed by atoms with Gasteiger partial charge in [-0.2, -0.15) is 5.26 Å². The summed E-state index contributed by atoms with van der Waals surface area (Å²) in [6.45, 7) is 3.70. The molecule has 0 saturated heterocycles. The van der Waals surface area contributed by atoms with Crippen LogP contribution in [0.3, 0.4) is 0 Å². The van der Waals surface area contributed by atoms with Crippen molar-refractivity contribution in [1.82, 2.24) is 4.98 Å². The number of benzene rings is 2. The van der Waals surface area contributed by atoms with Crippen LogP contribution >= 0.6 is 11.6 Å². The number of nitrogens with zero attached hydrogens (tertiary/aromatic N) is 3. The Hall–Kier alpha value is -3.89. The lowest BCUT2D eigenvalue weighted by Crippen LogP contribution is -2.31. The van der Waals surface area contributed by atoms with Gasteiger partial charge in [0.25, 0.3) is 5.91 Å². The van der Waals surface area contributed by atoms with Crippen molar-refractivity contribution in [2.75, 3.05) is 10.6 Å². The third-order valence-electron chi connectivity index (χ3n) is 5.07. The normalized spacial score (nSPS) is 10.9. The lowest BCUT2D eigenvalue weighted by molar-refractivity contribution is 0.0982. The Kier molecular flexibility index (Phi) is 6.47. The van der Waals surface area contributed by atoms with Crippen LogP contribution in [0.1, 0.15) is 45.7 Å². The summed E-state index contributed by atoms with van der Waals surface area (Å²) < 4.78 is 0. The average Bonchev–Trinajstić information content (AvgIpc) is 2.79. The van der Waals surface area contributed by atoms with Crippen molar-refractivity contribution in [3.05, 3.63) is 88.1 Å². The first-order chi connectivity index (χ1) is 15.1. The number of halogens is 1. The molecule has 1 aromatic heterocycles. The average molecular weight is 448 g/mol. The number of nitriles is 1. The van der Waals surface area contributed by atoms with Gasteiger partial charge in [0.05, 0.1) is 34.9 Å². The van der Waals surface area contributed by atoms with Crippen molar-refractivity contribution in [2.45, 2.75) is 25.8 Å². The van der Waals surface area contributed by atoms with E-state index in [0.29, 0.717) is 22.4 Å². The van der Waals surface area contributed by atoms with E-state index >= 15 is 0 Å². The van der Waals surface area contributed by atoms with Crippen LogP contribution < -0.4 is 16.4 Å². The molecule has 32 heavy (non-hydrogen) atoms. The van der Waals surface area contributed by atoms with E-state index in [1.165, 1.54) is 11.1 Å². The molecule has 1 heterocycles. The summed E-state index contributed by atoms with van der Waals surface area (Å²) in [5.74, 6) is -0.739. The topological polar surface area (TPSA) is 126 Å². The standard InChI is InChI=1S/C24H22ClN5O2/c1-24(2,14-26)18-8-4-7-17(10-18)23(32)30(19-11-20(25)21(27)29-12-19)13-15-5-3-6-16(9-15)22(28)31/h3-12H,13H2,1-2H3,(H2,27,29)(H2,28,31). The molecule has 0 aliphatic carbocycles. The molecule has 0 spiro atoms. The number of primary amides is 1. The fourth-order valence-electron chi connectivity index (χ4n) is 3.13. The third-order valence-corrected chi connectivity index (χ3v) is 5.38. The number of rotatable bonds is 6. The van der Waals surface area contributed by atoms with Gasteiger partial charge in [0, 0.05) is 11.1 Å². The van der Waals surface area contributed by atoms with Gasteiger partial charge < -0.3 is 16.4 Å². The van der Waals surface area contributed by atoms with Gasteiger partial charge in [-0.3, -0.25) is 9.59 Å². The van der Waals surface area contributed by atoms with Crippen molar-refractivity contribution >= 4 is 34.9 Å². The van der Waals surface area contributed by atoms with Crippen LogP contribution in [0.25, 0.3) is 0 Å². The first-order valence-electron chi connectivity index (χ1n) is 9.76. The molecule has 162 valence electrons. The molecule has 2 amide bonds. The minimum atomic E-state index is -0.761. The highest BCUT2D eigenvalue weighted by atomic mass is 35.5. The first-order valence-corrected chi connectivity index (χ1v) is 10.1. The smallest absolute Gasteiger partial charge is 0.258 e. The van der Waals surface area contributed by atoms with Crippen LogP contribution in [-0.4, -0.2) is 16.8 Å². The Morgan fingerprint density at radius 3 is 2.47 bits per heavy atom. The SMILES string of the molecule is CC(C)(C#N)c1cccc(C(=O)N(Cc2cccc(C(N)=O)c2)c2cnc(N)c(Cl)c2)c1. The first kappa shape index (κ1) is 22.8. The molecule has 0 saturated carbocycles. The fourth-order valence-corrected chi connectivity index (χ4v) is 3.29. The van der Waals surface area contributed by atoms with Gasteiger partial charge in [-0.05, 0) is 55.3 Å². The summed E-state index contributed by atoms with van der Waals surface area (Å²) in [5.41, 5.74) is 12.9. The van der Waals surface area contributed by atoms with Crippen molar-refractivity contribution in [3.63, 3.8) is 0 Å². The molecule has 0 aliphatic rings. The summed E-state index contributed by atoms with van der Waals surface area (Å²) >= 11 is 6.16. The van der Waals surface area contributed by atoms with Gasteiger partial charge in [-0.15, -0.1) is 0 Å². The Balaban J connectivity index is 2.06. The van der Waals surface area contributed by atoms with E-state index in [9.17, 15) is 14.9 Å². The molecule has 4 N–H and O–H groups in total. The minimum Gasteiger partial charge on any atom is -0.382 e. The second-order valence-electron chi connectivity index (χ2n) is 7.83. The van der Waals surface area contributed by atoms with E-state index in [0.717, 1.165) is 5.56 Å². The van der Waals surface area contributed by atoms with Crippen molar-refractivity contribution in [1.29, 1.82) is 5.26 Å². The zero-order valence-electron chi connectivity index (χ0n) is 17.7. The highest BCUT2D eigenvalue weighted by Crippen LogP contribution is 2.28. The van der Waals surface area contributed by atoms with E-state index < -0.39 is 11.3 Å². The Morgan fingerprint density at radius 1 is 1.12 bits per heavy atom. The van der Waals surface area contributed by atoms with Crippen LogP contribution in [0, 0.1) is 11.3 Å². The largest absolute Gasteiger partial charge is 0.382 e. The summed E-state index contributed by atoms with van der Waals surface area (Å²) in [7, 11) is 0. The lowest BCUT2D eigenvalue weighted by atomic mass is 9.85. The maximum atomic E-state index is 13.6. The van der Waals surface area contributed by atoms with E-state index in [1.54, 1.807) is 62.4 Å². The number of pyridine rings is 1. The Morgan fingerprint density at radius 2 is 1.81 bits per heavy atom. The van der Waals surface area contributed by atoms with Gasteiger partial charge in [0.2, 0.25) is 5.91 Å². The number of carbonyl (C=O) groups excluding carboxylic acids is 2. The summed E-state index contributed by atoms with van der Waals surface area (Å²) in [5, 5.41) is 9.68. The van der Waals surface area contributed by atoms with Crippen molar-refractivity contribution in [2.24, 2.45) is 5.73 Å². The molecule has 0 bridgehead atoms. The number of hydrogen-bond acceptors (Lipinski definition) is 5. The van der Waals surface area contributed by atoms with Crippen LogP contribution in [0.4, 0.5) is 11.5 Å². The third kappa shape index (κ3) is 4.88. The van der Waals surface area contributed by atoms with Gasteiger partial charge >= 0.3 is 0 Å². The Bertz CT molecular complexity index is 1230. The minimum absolute atomic E-state index is 0.133. The number of aromatic nitrogens is 1. The van der Waals surface area contributed by atoms with Crippen LogP contribution in [0.5, 0.6) is 0 Å². The quantitative estimate of drug-likeness (QED) is 0.589. The number of nitrogen functional groups attached to an aromatic ring is 1. The van der Waals surface area contributed by atoms with E-state index in [4.69, 9.17) is 23.1 Å². The molecule has 0 atom stereocenters. The lowest BCUT2D eigenvalue weighted by Gasteiger charge is -2.24. The summed E-state index contributed by atoms with van der Waals surface area (Å²) in [6, 6.07) is 17.4. The van der Waals surface area contributed by atoms with Crippen molar-refractivity contribution in [3.8, 4) is 6.07 Å². The van der Waals surface area contributed by atoms with Crippen LogP contribution in [0.2, 0.25) is 5.02 Å². The molecule has 7 nitrogen and oxygen atoms in total. The number of anilines is 2. The number of nitrogens with two attached hydrogens (primary N) is 2. The van der Waals surface area contributed by atoms with Gasteiger partial charge in [0.15, 0.2) is 0 Å². The molecular formula is C24H22ClN5O2. The van der Waals surface area contributed by atoms with Crippen molar-refractivity contribution < 1.29 is 9.59 Å². The van der Waals surface area contributed by atoms with Gasteiger partial charge in [-0.1, -0.05) is 35.9 Å². The Labute approximate surface area is 191 Å². The van der Waals surface area contributed by atoms with E-state index in [-0.39, 0.29) is 23.3 Å². The predicted octanol–water partition coefficient (Wildman–Crippen LogP) is 4.06. The molecule has 0 aliphatic heterocycles. The number of carbonyl (C=O) groups is 2. The zero-order valence-corrected chi connectivity index (χ0v) is 18.4. The number of hydrogen-bond donors (Lipinski definition) is 2.